The van der Waals surface area contributed by atoms with Gasteiger partial charge >= 0.3 is 5.97 Å². The Morgan fingerprint density at radius 2 is 1.96 bits per heavy atom. The molecule has 1 fully saturated rings. The number of ether oxygens (including phenoxy) is 2. The molecule has 0 saturated carbocycles. The van der Waals surface area contributed by atoms with E-state index in [0.29, 0.717) is 26.0 Å². The number of nitrogens with zero attached hydrogens (tertiary/aromatic N) is 1. The first kappa shape index (κ1) is 20.3. The first-order chi connectivity index (χ1) is 12.5. The van der Waals surface area contributed by atoms with Gasteiger partial charge in [0.15, 0.2) is 6.61 Å². The van der Waals surface area contributed by atoms with Crippen LogP contribution in [0.2, 0.25) is 0 Å². The minimum Gasteiger partial charge on any atom is -0.454 e. The van der Waals surface area contributed by atoms with Crippen LogP contribution in [-0.2, 0) is 29.1 Å². The maximum atomic E-state index is 12.8. The molecule has 0 spiro atoms. The van der Waals surface area contributed by atoms with Gasteiger partial charge in [0.05, 0.1) is 11.5 Å². The Morgan fingerprint density at radius 1 is 1.23 bits per heavy atom. The zero-order chi connectivity index (χ0) is 19.0. The molecule has 9 heteroatoms. The number of amides is 1. The molecular weight excluding hydrogens is 360 g/mol. The third-order valence-corrected chi connectivity index (χ3v) is 5.97. The molecule has 2 rings (SSSR count). The molecule has 1 aliphatic rings. The van der Waals surface area contributed by atoms with Gasteiger partial charge in [-0.15, -0.1) is 0 Å². The standard InChI is InChI=1S/C17H24N2O6S/c1-24-12-10-18-16(20)13-25-17(21)15-9-5-6-11-19(15)26(22,23)14-7-3-2-4-8-14/h2-4,7-8,15H,5-6,9-13H2,1H3,(H,18,20). The molecule has 1 amide bonds. The Balaban J connectivity index is 2.02. The molecule has 1 aromatic carbocycles. The van der Waals surface area contributed by atoms with Crippen molar-refractivity contribution in [2.45, 2.75) is 30.2 Å². The molecule has 0 bridgehead atoms. The fraction of sp³-hybridized carbons (Fsp3) is 0.529. The highest BCUT2D eigenvalue weighted by atomic mass is 32.2. The lowest BCUT2D eigenvalue weighted by atomic mass is 10.1. The van der Waals surface area contributed by atoms with E-state index in [2.05, 4.69) is 5.32 Å². The summed E-state index contributed by atoms with van der Waals surface area (Å²) in [6.07, 6.45) is 1.77. The number of carbonyl (C=O) groups excluding carboxylic acids is 2. The molecule has 1 heterocycles. The van der Waals surface area contributed by atoms with Gasteiger partial charge in [-0.05, 0) is 31.4 Å². The molecule has 1 aliphatic heterocycles. The van der Waals surface area contributed by atoms with Crippen molar-refractivity contribution in [1.29, 1.82) is 0 Å². The van der Waals surface area contributed by atoms with E-state index in [1.807, 2.05) is 0 Å². The highest BCUT2D eigenvalue weighted by Gasteiger charge is 2.38. The molecule has 0 radical (unpaired) electrons. The monoisotopic (exact) mass is 384 g/mol. The van der Waals surface area contributed by atoms with Gasteiger partial charge in [-0.25, -0.2) is 8.42 Å². The molecule has 26 heavy (non-hydrogen) atoms. The third-order valence-electron chi connectivity index (χ3n) is 4.05. The molecule has 0 aromatic heterocycles. The van der Waals surface area contributed by atoms with E-state index < -0.39 is 34.5 Å². The van der Waals surface area contributed by atoms with E-state index in [-0.39, 0.29) is 11.4 Å². The van der Waals surface area contributed by atoms with Crippen molar-refractivity contribution in [3.8, 4) is 0 Å². The lowest BCUT2D eigenvalue weighted by Crippen LogP contribution is -2.49. The average molecular weight is 384 g/mol. The first-order valence-electron chi connectivity index (χ1n) is 8.46. The predicted octanol–water partition coefficient (Wildman–Crippen LogP) is 0.536. The van der Waals surface area contributed by atoms with E-state index in [1.54, 1.807) is 18.2 Å². The summed E-state index contributed by atoms with van der Waals surface area (Å²) < 4.78 is 36.7. The van der Waals surface area contributed by atoms with Crippen LogP contribution in [0.5, 0.6) is 0 Å². The third kappa shape index (κ3) is 5.26. The Morgan fingerprint density at radius 3 is 2.65 bits per heavy atom. The summed E-state index contributed by atoms with van der Waals surface area (Å²) in [7, 11) is -2.29. The van der Waals surface area contributed by atoms with Crippen LogP contribution in [0, 0.1) is 0 Å². The zero-order valence-electron chi connectivity index (χ0n) is 14.7. The van der Waals surface area contributed by atoms with Crippen LogP contribution in [0.25, 0.3) is 0 Å². The number of methoxy groups -OCH3 is 1. The maximum Gasteiger partial charge on any atom is 0.324 e. The zero-order valence-corrected chi connectivity index (χ0v) is 15.5. The van der Waals surface area contributed by atoms with Crippen LogP contribution in [0.1, 0.15) is 19.3 Å². The van der Waals surface area contributed by atoms with Gasteiger partial charge in [0.1, 0.15) is 6.04 Å². The van der Waals surface area contributed by atoms with Crippen molar-refractivity contribution in [1.82, 2.24) is 9.62 Å². The number of hydrogen-bond donors (Lipinski definition) is 1. The summed E-state index contributed by atoms with van der Waals surface area (Å²) in [5.41, 5.74) is 0. The summed E-state index contributed by atoms with van der Waals surface area (Å²) in [6.45, 7) is 0.464. The number of hydrogen-bond acceptors (Lipinski definition) is 6. The molecule has 1 atom stereocenters. The fourth-order valence-electron chi connectivity index (χ4n) is 2.73. The highest BCUT2D eigenvalue weighted by Crippen LogP contribution is 2.26. The average Bonchev–Trinajstić information content (AvgIpc) is 2.67. The number of nitrogens with one attached hydrogen (secondary N) is 1. The summed E-state index contributed by atoms with van der Waals surface area (Å²) >= 11 is 0. The Kier molecular flexibility index (Phi) is 7.55. The Labute approximate surface area is 153 Å². The van der Waals surface area contributed by atoms with Crippen LogP contribution in [-0.4, -0.2) is 64.1 Å². The van der Waals surface area contributed by atoms with Gasteiger partial charge in [0.2, 0.25) is 10.0 Å². The van der Waals surface area contributed by atoms with Crippen LogP contribution < -0.4 is 5.32 Å². The largest absolute Gasteiger partial charge is 0.454 e. The van der Waals surface area contributed by atoms with Gasteiger partial charge in [-0.1, -0.05) is 18.2 Å². The van der Waals surface area contributed by atoms with Crippen molar-refractivity contribution >= 4 is 21.9 Å². The molecule has 0 aliphatic carbocycles. The summed E-state index contributed by atoms with van der Waals surface area (Å²) in [4.78, 5) is 24.2. The Bertz CT molecular complexity index is 707. The minimum absolute atomic E-state index is 0.136. The smallest absolute Gasteiger partial charge is 0.324 e. The Hall–Kier alpha value is -1.97. The van der Waals surface area contributed by atoms with Gasteiger partial charge in [-0.3, -0.25) is 9.59 Å². The number of piperidine rings is 1. The van der Waals surface area contributed by atoms with E-state index in [9.17, 15) is 18.0 Å². The van der Waals surface area contributed by atoms with Crippen LogP contribution in [0.3, 0.4) is 0 Å². The van der Waals surface area contributed by atoms with Crippen molar-refractivity contribution in [2.24, 2.45) is 0 Å². The van der Waals surface area contributed by atoms with Gasteiger partial charge < -0.3 is 14.8 Å². The number of esters is 1. The van der Waals surface area contributed by atoms with E-state index in [1.165, 1.54) is 23.5 Å². The predicted molar refractivity (Wildman–Crippen MR) is 93.8 cm³/mol. The fourth-order valence-corrected chi connectivity index (χ4v) is 4.40. The molecule has 1 saturated heterocycles. The molecule has 1 unspecified atom stereocenters. The normalized spacial score (nSPS) is 18.3. The van der Waals surface area contributed by atoms with Crippen molar-refractivity contribution in [2.75, 3.05) is 33.4 Å². The molecule has 144 valence electrons. The number of rotatable bonds is 8. The van der Waals surface area contributed by atoms with E-state index in [4.69, 9.17) is 9.47 Å². The molecule has 8 nitrogen and oxygen atoms in total. The SMILES string of the molecule is COCCNC(=O)COC(=O)C1CCCCN1S(=O)(=O)c1ccccc1. The number of carbonyl (C=O) groups is 2. The van der Waals surface area contributed by atoms with Gasteiger partial charge in [0, 0.05) is 20.2 Å². The molecule has 1 N–H and O–H groups in total. The minimum atomic E-state index is -3.80. The number of benzene rings is 1. The second kappa shape index (κ2) is 9.65. The van der Waals surface area contributed by atoms with E-state index in [0.717, 1.165) is 6.42 Å². The highest BCUT2D eigenvalue weighted by molar-refractivity contribution is 7.89. The lowest BCUT2D eigenvalue weighted by molar-refractivity contribution is -0.153. The number of sulfonamides is 1. The summed E-state index contributed by atoms with van der Waals surface area (Å²) in [6, 6.07) is 7.07. The quantitative estimate of drug-likeness (QED) is 0.518. The van der Waals surface area contributed by atoms with Crippen molar-refractivity contribution in [3.63, 3.8) is 0 Å². The van der Waals surface area contributed by atoms with Crippen LogP contribution in [0.4, 0.5) is 0 Å². The second-order valence-corrected chi connectivity index (χ2v) is 7.78. The molecule has 1 aromatic rings. The van der Waals surface area contributed by atoms with Gasteiger partial charge in [0.25, 0.3) is 5.91 Å². The summed E-state index contributed by atoms with van der Waals surface area (Å²) in [5, 5.41) is 2.54. The van der Waals surface area contributed by atoms with Crippen molar-refractivity contribution in [3.05, 3.63) is 30.3 Å². The van der Waals surface area contributed by atoms with E-state index >= 15 is 0 Å². The van der Waals surface area contributed by atoms with Crippen LogP contribution in [0.15, 0.2) is 35.2 Å². The van der Waals surface area contributed by atoms with Gasteiger partial charge in [-0.2, -0.15) is 4.31 Å². The van der Waals surface area contributed by atoms with Crippen molar-refractivity contribution < 1.29 is 27.5 Å². The second-order valence-electron chi connectivity index (χ2n) is 5.89. The van der Waals surface area contributed by atoms with Crippen LogP contribution >= 0.6 is 0 Å². The molecular formula is C17H24N2O6S. The topological polar surface area (TPSA) is 102 Å². The first-order valence-corrected chi connectivity index (χ1v) is 9.90. The maximum absolute atomic E-state index is 12.8. The summed E-state index contributed by atoms with van der Waals surface area (Å²) in [5.74, 6) is -1.16. The lowest BCUT2D eigenvalue weighted by Gasteiger charge is -2.32.